The van der Waals surface area contributed by atoms with E-state index in [1.54, 1.807) is 0 Å². The highest BCUT2D eigenvalue weighted by atomic mass is 32.1. The predicted molar refractivity (Wildman–Crippen MR) is 82.7 cm³/mol. The number of hydrogen-bond donors (Lipinski definition) is 2. The van der Waals surface area contributed by atoms with E-state index in [1.165, 1.54) is 11.7 Å². The van der Waals surface area contributed by atoms with Crippen molar-refractivity contribution in [2.45, 2.75) is 13.3 Å². The van der Waals surface area contributed by atoms with E-state index in [9.17, 15) is 0 Å². The predicted octanol–water partition coefficient (Wildman–Crippen LogP) is 4.27. The molecule has 0 aliphatic heterocycles. The number of fused-ring (bicyclic) bond motifs is 1. The van der Waals surface area contributed by atoms with Gasteiger partial charge in [0.25, 0.3) is 0 Å². The van der Waals surface area contributed by atoms with Crippen LogP contribution >= 0.6 is 37.0 Å². The van der Waals surface area contributed by atoms with Gasteiger partial charge in [0.1, 0.15) is 11.0 Å². The molecule has 1 heterocycles. The zero-order valence-electron chi connectivity index (χ0n) is 9.34. The zero-order chi connectivity index (χ0) is 12.4. The Balaban J connectivity index is 2.69. The van der Waals surface area contributed by atoms with Gasteiger partial charge in [0.05, 0.1) is 11.7 Å². The van der Waals surface area contributed by atoms with Crippen LogP contribution in [0.1, 0.15) is 24.5 Å². The summed E-state index contributed by atoms with van der Waals surface area (Å²) in [5, 5.41) is 0. The molecule has 2 nitrogen and oxygen atoms in total. The molecular formula is C12H12N2S3. The molecule has 0 saturated heterocycles. The Kier molecular flexibility index (Phi) is 3.91. The van der Waals surface area contributed by atoms with Crippen LogP contribution in [0, 0.1) is 0 Å². The lowest BCUT2D eigenvalue weighted by Gasteiger charge is -2.05. The third kappa shape index (κ3) is 2.41. The average molecular weight is 280 g/mol. The van der Waals surface area contributed by atoms with Crippen molar-refractivity contribution in [1.29, 1.82) is 0 Å². The molecule has 5 heteroatoms. The maximum atomic E-state index is 4.49. The summed E-state index contributed by atoms with van der Waals surface area (Å²) in [5.74, 6) is 0. The van der Waals surface area contributed by atoms with Gasteiger partial charge in [-0.15, -0.1) is 25.3 Å². The summed E-state index contributed by atoms with van der Waals surface area (Å²) >= 11 is 9.97. The maximum Gasteiger partial charge on any atom is 0.113 e. The molecule has 0 bridgehead atoms. The monoisotopic (exact) mass is 280 g/mol. The van der Waals surface area contributed by atoms with Crippen molar-refractivity contribution in [2.24, 2.45) is 0 Å². The summed E-state index contributed by atoms with van der Waals surface area (Å²) in [7, 11) is 0. The fourth-order valence-electron chi connectivity index (χ4n) is 1.61. The van der Waals surface area contributed by atoms with E-state index in [1.807, 2.05) is 12.1 Å². The third-order valence-electron chi connectivity index (χ3n) is 2.40. The number of nitrogens with zero attached hydrogens (tertiary/aromatic N) is 2. The van der Waals surface area contributed by atoms with Crippen molar-refractivity contribution in [1.82, 2.24) is 8.75 Å². The number of thiol groups is 2. The van der Waals surface area contributed by atoms with E-state index in [0.717, 1.165) is 33.5 Å². The molecule has 1 aromatic heterocycles. The van der Waals surface area contributed by atoms with Gasteiger partial charge in [0, 0.05) is 20.9 Å². The topological polar surface area (TPSA) is 25.8 Å². The fraction of sp³-hybridized carbons (Fsp3) is 0.167. The number of hydrogen-bond acceptors (Lipinski definition) is 5. The minimum absolute atomic E-state index is 0.703. The van der Waals surface area contributed by atoms with E-state index < -0.39 is 0 Å². The smallest absolute Gasteiger partial charge is 0.113 e. The van der Waals surface area contributed by atoms with Crippen molar-refractivity contribution < 1.29 is 0 Å². The molecule has 17 heavy (non-hydrogen) atoms. The van der Waals surface area contributed by atoms with Crippen LogP contribution in [0.5, 0.6) is 0 Å². The summed E-state index contributed by atoms with van der Waals surface area (Å²) in [4.78, 5) is 1.64. The van der Waals surface area contributed by atoms with Gasteiger partial charge in [-0.3, -0.25) is 0 Å². The highest BCUT2D eigenvalue weighted by Crippen LogP contribution is 2.32. The van der Waals surface area contributed by atoms with E-state index in [4.69, 9.17) is 0 Å². The van der Waals surface area contributed by atoms with E-state index in [-0.39, 0.29) is 0 Å². The van der Waals surface area contributed by atoms with Crippen molar-refractivity contribution in [3.05, 3.63) is 35.9 Å². The summed E-state index contributed by atoms with van der Waals surface area (Å²) in [5.41, 5.74) is 3.66. The fourth-order valence-corrected chi connectivity index (χ4v) is 2.73. The number of aromatic nitrogens is 2. The molecule has 0 N–H and O–H groups in total. The molecule has 1 aromatic carbocycles. The first kappa shape index (κ1) is 12.7. The Labute approximate surface area is 116 Å². The van der Waals surface area contributed by atoms with Gasteiger partial charge in [-0.05, 0) is 6.42 Å². The second-order valence-electron chi connectivity index (χ2n) is 3.57. The highest BCUT2D eigenvalue weighted by molar-refractivity contribution is 7.90. The molecule has 0 fully saturated rings. The molecule has 88 valence electrons. The summed E-state index contributed by atoms with van der Waals surface area (Å²) < 4.78 is 8.63. The van der Waals surface area contributed by atoms with Crippen molar-refractivity contribution in [3.8, 4) is 0 Å². The number of rotatable bonds is 3. The van der Waals surface area contributed by atoms with Crippen LogP contribution in [-0.2, 0) is 0 Å². The Hall–Kier alpha value is -0.780. The third-order valence-corrected chi connectivity index (χ3v) is 3.59. The number of allylic oxidation sites excluding steroid dienone is 1. The lowest BCUT2D eigenvalue weighted by molar-refractivity contribution is 1.23. The molecule has 0 amide bonds. The van der Waals surface area contributed by atoms with Crippen molar-refractivity contribution in [2.75, 3.05) is 0 Å². The second kappa shape index (κ2) is 5.25. The highest BCUT2D eigenvalue weighted by Gasteiger charge is 2.12. The van der Waals surface area contributed by atoms with Crippen LogP contribution in [-0.4, -0.2) is 8.75 Å². The van der Waals surface area contributed by atoms with Crippen LogP contribution in [0.25, 0.3) is 20.8 Å². The van der Waals surface area contributed by atoms with E-state index in [2.05, 4.69) is 53.6 Å². The van der Waals surface area contributed by atoms with Gasteiger partial charge in [-0.1, -0.05) is 31.7 Å². The average Bonchev–Trinajstić information content (AvgIpc) is 2.76. The lowest BCUT2D eigenvalue weighted by Crippen LogP contribution is -1.86. The minimum atomic E-state index is 0.703. The molecular weight excluding hydrogens is 268 g/mol. The van der Waals surface area contributed by atoms with Crippen molar-refractivity contribution >= 4 is 57.8 Å². The van der Waals surface area contributed by atoms with Crippen LogP contribution in [0.2, 0.25) is 0 Å². The van der Waals surface area contributed by atoms with Crippen molar-refractivity contribution in [3.63, 3.8) is 0 Å². The molecule has 0 spiro atoms. The molecule has 0 radical (unpaired) electrons. The maximum absolute atomic E-state index is 4.49. The van der Waals surface area contributed by atoms with Crippen LogP contribution in [0.3, 0.4) is 0 Å². The van der Waals surface area contributed by atoms with E-state index >= 15 is 0 Å². The summed E-state index contributed by atoms with van der Waals surface area (Å²) in [6.45, 7) is 5.91. The Bertz CT molecular complexity index is 599. The molecule has 2 aromatic rings. The van der Waals surface area contributed by atoms with Gasteiger partial charge >= 0.3 is 0 Å². The molecule has 0 atom stereocenters. The van der Waals surface area contributed by atoms with Gasteiger partial charge in [0.2, 0.25) is 0 Å². The Morgan fingerprint density at radius 3 is 2.47 bits per heavy atom. The summed E-state index contributed by atoms with van der Waals surface area (Å²) in [6, 6.07) is 3.96. The normalized spacial score (nSPS) is 12.1. The summed E-state index contributed by atoms with van der Waals surface area (Å²) in [6.07, 6.45) is 3.01. The first-order valence-electron chi connectivity index (χ1n) is 5.18. The van der Waals surface area contributed by atoms with Crippen LogP contribution < -0.4 is 0 Å². The van der Waals surface area contributed by atoms with Crippen LogP contribution in [0.4, 0.5) is 0 Å². The Morgan fingerprint density at radius 2 is 1.88 bits per heavy atom. The lowest BCUT2D eigenvalue weighted by atomic mass is 10.1. The Morgan fingerprint density at radius 1 is 1.29 bits per heavy atom. The van der Waals surface area contributed by atoms with Gasteiger partial charge in [-0.25, -0.2) is 0 Å². The minimum Gasteiger partial charge on any atom is -0.172 e. The van der Waals surface area contributed by atoms with Gasteiger partial charge in [0.15, 0.2) is 0 Å². The zero-order valence-corrected chi connectivity index (χ0v) is 11.9. The molecule has 2 rings (SSSR count). The first-order valence-corrected chi connectivity index (χ1v) is 6.80. The molecule has 0 aliphatic rings. The quantitative estimate of drug-likeness (QED) is 0.821. The van der Waals surface area contributed by atoms with Gasteiger partial charge in [-0.2, -0.15) is 8.75 Å². The number of benzene rings is 1. The molecule has 0 saturated carbocycles. The van der Waals surface area contributed by atoms with Gasteiger partial charge < -0.3 is 0 Å². The van der Waals surface area contributed by atoms with E-state index in [0.29, 0.717) is 4.91 Å². The second-order valence-corrected chi connectivity index (χ2v) is 5.12. The van der Waals surface area contributed by atoms with Crippen LogP contribution in [0.15, 0.2) is 24.8 Å². The largest absolute Gasteiger partial charge is 0.172 e. The SMILES string of the molecule is C=C(S)c1ccc(/C(S)=C/CC)c2nsnc12. The molecule has 0 unspecified atom stereocenters. The first-order chi connectivity index (χ1) is 8.15. The molecule has 0 aliphatic carbocycles. The standard InChI is InChI=1S/C12H12N2S3/c1-3-4-10(16)9-6-5-8(7(2)15)11-12(9)14-17-13-11/h4-6,15-16H,2-3H2,1H3/b10-4-.